The van der Waals surface area contributed by atoms with Crippen molar-refractivity contribution in [2.75, 3.05) is 0 Å². The summed E-state index contributed by atoms with van der Waals surface area (Å²) in [6.07, 6.45) is 7.02. The van der Waals surface area contributed by atoms with Crippen LogP contribution in [-0.2, 0) is 19.1 Å². The minimum atomic E-state index is -1.94. The molecule has 0 aromatic carbocycles. The lowest BCUT2D eigenvalue weighted by atomic mass is 9.49. The van der Waals surface area contributed by atoms with E-state index >= 15 is 0 Å². The molecule has 0 radical (unpaired) electrons. The van der Waals surface area contributed by atoms with Crippen LogP contribution in [0.5, 0.6) is 0 Å². The number of allylic oxidation sites excluding steroid dienone is 3. The van der Waals surface area contributed by atoms with Crippen molar-refractivity contribution in [2.45, 2.75) is 77.8 Å². The van der Waals surface area contributed by atoms with E-state index in [4.69, 9.17) is 4.74 Å². The fourth-order valence-electron chi connectivity index (χ4n) is 8.42. The van der Waals surface area contributed by atoms with E-state index in [1.165, 1.54) is 6.08 Å². The Kier molecular flexibility index (Phi) is 7.12. The van der Waals surface area contributed by atoms with Gasteiger partial charge in [0.2, 0.25) is 5.78 Å². The SMILES string of the molecule is C/C1=C\[C@@H]2[C@@H](O)C=C(C=O)C[C@]23OC(=O)C(=C(O)[C@@]2(C)[C@H]4[C@H](C=C[C@H]2/C(C)=C/C[C@@H]1O)[C@@H](O)[C@@H](C)C[C@@H]4C)C3=O. The van der Waals surface area contributed by atoms with E-state index in [1.54, 1.807) is 13.0 Å². The quantitative estimate of drug-likeness (QED) is 0.168. The molecule has 0 aromatic heterocycles. The van der Waals surface area contributed by atoms with Gasteiger partial charge in [0, 0.05) is 23.7 Å². The zero-order valence-corrected chi connectivity index (χ0v) is 23.7. The van der Waals surface area contributed by atoms with E-state index < -0.39 is 58.5 Å². The topological polar surface area (TPSA) is 141 Å². The monoisotopic (exact) mass is 552 g/mol. The second kappa shape index (κ2) is 9.93. The highest BCUT2D eigenvalue weighted by Crippen LogP contribution is 2.60. The average molecular weight is 553 g/mol. The van der Waals surface area contributed by atoms with Gasteiger partial charge in [0.25, 0.3) is 0 Å². The molecule has 1 heterocycles. The van der Waals surface area contributed by atoms with Crippen LogP contribution in [0.1, 0.15) is 53.9 Å². The molecule has 0 amide bonds. The first-order valence-electron chi connectivity index (χ1n) is 14.2. The van der Waals surface area contributed by atoms with Gasteiger partial charge in [-0.15, -0.1) is 0 Å². The number of rotatable bonds is 1. The lowest BCUT2D eigenvalue weighted by Crippen LogP contribution is -2.54. The first-order chi connectivity index (χ1) is 18.8. The third kappa shape index (κ3) is 4.02. The fourth-order valence-corrected chi connectivity index (χ4v) is 8.42. The van der Waals surface area contributed by atoms with E-state index in [-0.39, 0.29) is 47.8 Å². The summed E-state index contributed by atoms with van der Waals surface area (Å²) in [6, 6.07) is 0. The molecule has 8 heteroatoms. The Labute approximate surface area is 234 Å². The van der Waals surface area contributed by atoms with Gasteiger partial charge >= 0.3 is 5.97 Å². The van der Waals surface area contributed by atoms with Crippen molar-refractivity contribution in [1.29, 1.82) is 0 Å². The van der Waals surface area contributed by atoms with Crippen molar-refractivity contribution < 1.29 is 39.5 Å². The molecule has 1 saturated heterocycles. The number of fused-ring (bicyclic) bond motifs is 4. The van der Waals surface area contributed by atoms with E-state index in [0.29, 0.717) is 18.3 Å². The predicted octanol–water partition coefficient (Wildman–Crippen LogP) is 3.29. The third-order valence-corrected chi connectivity index (χ3v) is 10.5. The summed E-state index contributed by atoms with van der Waals surface area (Å²) in [5.74, 6) is -4.22. The van der Waals surface area contributed by atoms with Gasteiger partial charge in [-0.3, -0.25) is 9.59 Å². The second-order valence-corrected chi connectivity index (χ2v) is 12.9. The number of Topliss-reactive ketones (excluding diaryl/α,β-unsaturated/α-hetero) is 1. The highest BCUT2D eigenvalue weighted by atomic mass is 16.6. The Bertz CT molecular complexity index is 1290. The molecule has 0 unspecified atom stereocenters. The first-order valence-corrected chi connectivity index (χ1v) is 14.2. The number of esters is 1. The van der Waals surface area contributed by atoms with Crippen LogP contribution < -0.4 is 0 Å². The van der Waals surface area contributed by atoms with E-state index in [9.17, 15) is 34.8 Å². The number of aldehydes is 1. The molecule has 0 aromatic rings. The third-order valence-electron chi connectivity index (χ3n) is 10.5. The molecule has 11 atom stereocenters. The Morgan fingerprint density at radius 2 is 1.73 bits per heavy atom. The van der Waals surface area contributed by atoms with Crippen molar-refractivity contribution in [2.24, 2.45) is 40.9 Å². The molecule has 2 fully saturated rings. The molecular formula is C32H40O8. The maximum atomic E-state index is 14.3. The second-order valence-electron chi connectivity index (χ2n) is 12.9. The van der Waals surface area contributed by atoms with Gasteiger partial charge in [0.05, 0.1) is 24.2 Å². The largest absolute Gasteiger partial charge is 0.511 e. The van der Waals surface area contributed by atoms with Crippen LogP contribution in [0.15, 0.2) is 58.4 Å². The molecule has 1 aliphatic heterocycles. The van der Waals surface area contributed by atoms with Crippen molar-refractivity contribution >= 4 is 18.0 Å². The maximum absolute atomic E-state index is 14.3. The minimum absolute atomic E-state index is 0.0332. The number of aliphatic hydroxyl groups is 4. The van der Waals surface area contributed by atoms with E-state index in [2.05, 4.69) is 6.92 Å². The Morgan fingerprint density at radius 3 is 2.40 bits per heavy atom. The molecule has 5 aliphatic rings. The summed E-state index contributed by atoms with van der Waals surface area (Å²) in [5.41, 5.74) is -2.12. The van der Waals surface area contributed by atoms with E-state index in [1.807, 2.05) is 39.0 Å². The molecule has 1 spiro atoms. The number of carbonyl (C=O) groups excluding carboxylic acids is 3. The zero-order chi connectivity index (χ0) is 29.3. The molecule has 5 rings (SSSR count). The van der Waals surface area contributed by atoms with Crippen LogP contribution in [0, 0.1) is 40.9 Å². The Balaban J connectivity index is 1.79. The van der Waals surface area contributed by atoms with Gasteiger partial charge in [-0.1, -0.05) is 50.6 Å². The number of carbonyl (C=O) groups is 3. The summed E-state index contributed by atoms with van der Waals surface area (Å²) in [4.78, 5) is 39.7. The molecule has 2 bridgehead atoms. The van der Waals surface area contributed by atoms with Crippen LogP contribution >= 0.6 is 0 Å². The molecule has 1 saturated carbocycles. The first kappa shape index (κ1) is 28.7. The molecule has 216 valence electrons. The summed E-state index contributed by atoms with van der Waals surface area (Å²) in [5, 5.41) is 45.4. The van der Waals surface area contributed by atoms with Crippen LogP contribution in [-0.4, -0.2) is 62.4 Å². The zero-order valence-electron chi connectivity index (χ0n) is 23.7. The average Bonchev–Trinajstić information content (AvgIpc) is 3.14. The lowest BCUT2D eigenvalue weighted by Gasteiger charge is -2.55. The summed E-state index contributed by atoms with van der Waals surface area (Å²) >= 11 is 0. The number of hydrogen-bond acceptors (Lipinski definition) is 8. The number of aliphatic hydroxyl groups excluding tert-OH is 4. The normalized spacial score (nSPS) is 48.0. The van der Waals surface area contributed by atoms with Gasteiger partial charge < -0.3 is 25.2 Å². The maximum Gasteiger partial charge on any atom is 0.346 e. The highest BCUT2D eigenvalue weighted by molar-refractivity contribution is 6.26. The predicted molar refractivity (Wildman–Crippen MR) is 147 cm³/mol. The molecule has 8 nitrogen and oxygen atoms in total. The Hall–Kier alpha value is -2.81. The standard InChI is InChI=1S/C32H40O8/c1-15-6-9-23(34)16(2)11-22-24(35)12-19(14-33)13-32(22)29(38)25(30(39)40-32)28(37)31(5)21(15)8-7-20-26(31)17(3)10-18(4)27(20)36/h6-8,11-12,14,17-18,20-24,26-27,34-37H,9-10,13H2,1-5H3/b15-6+,16-11+,28-25?/t17-,18-,20-,21-,22+,23-,24-,26+,27-,31+,32-/m0/s1. The van der Waals surface area contributed by atoms with Gasteiger partial charge in [-0.05, 0) is 61.7 Å². The lowest BCUT2D eigenvalue weighted by molar-refractivity contribution is -0.159. The smallest absolute Gasteiger partial charge is 0.346 e. The van der Waals surface area contributed by atoms with Crippen molar-refractivity contribution in [1.82, 2.24) is 0 Å². The van der Waals surface area contributed by atoms with Crippen LogP contribution in [0.25, 0.3) is 0 Å². The highest BCUT2D eigenvalue weighted by Gasteiger charge is 2.64. The van der Waals surface area contributed by atoms with Crippen LogP contribution in [0.4, 0.5) is 0 Å². The van der Waals surface area contributed by atoms with Crippen molar-refractivity contribution in [3.63, 3.8) is 0 Å². The molecule has 4 aliphatic carbocycles. The van der Waals surface area contributed by atoms with Gasteiger partial charge in [-0.25, -0.2) is 4.79 Å². The number of ketones is 1. The molecule has 4 N–H and O–H groups in total. The fraction of sp³-hybridized carbons (Fsp3) is 0.594. The molecule has 40 heavy (non-hydrogen) atoms. The number of hydrogen-bond donors (Lipinski definition) is 4. The van der Waals surface area contributed by atoms with Crippen molar-refractivity contribution in [3.8, 4) is 0 Å². The van der Waals surface area contributed by atoms with Crippen LogP contribution in [0.3, 0.4) is 0 Å². The van der Waals surface area contributed by atoms with Crippen molar-refractivity contribution in [3.05, 3.63) is 58.4 Å². The molecular weight excluding hydrogens is 512 g/mol. The van der Waals surface area contributed by atoms with Gasteiger partial charge in [-0.2, -0.15) is 0 Å². The number of ether oxygens (including phenoxy) is 1. The Morgan fingerprint density at radius 1 is 1.02 bits per heavy atom. The van der Waals surface area contributed by atoms with Crippen LogP contribution in [0.2, 0.25) is 0 Å². The minimum Gasteiger partial charge on any atom is -0.511 e. The summed E-state index contributed by atoms with van der Waals surface area (Å²) in [6.45, 7) is 9.50. The van der Waals surface area contributed by atoms with Gasteiger partial charge in [0.15, 0.2) is 5.60 Å². The summed E-state index contributed by atoms with van der Waals surface area (Å²) < 4.78 is 5.81. The van der Waals surface area contributed by atoms with Gasteiger partial charge in [0.1, 0.15) is 17.6 Å². The van der Waals surface area contributed by atoms with E-state index in [0.717, 1.165) is 5.57 Å². The summed E-state index contributed by atoms with van der Waals surface area (Å²) in [7, 11) is 0.